The Labute approximate surface area is 189 Å². The molecular formula is C22H29N3O6S. The lowest BCUT2D eigenvalue weighted by molar-refractivity contribution is -0.119. The van der Waals surface area contributed by atoms with Gasteiger partial charge in [0.2, 0.25) is 11.8 Å². The molecule has 1 aliphatic heterocycles. The molecule has 32 heavy (non-hydrogen) atoms. The first-order valence-electron chi connectivity index (χ1n) is 10.6. The second-order valence-electron chi connectivity index (χ2n) is 7.51. The zero-order chi connectivity index (χ0) is 23.1. The van der Waals surface area contributed by atoms with Crippen LogP contribution >= 0.6 is 0 Å². The van der Waals surface area contributed by atoms with Gasteiger partial charge in [0.05, 0.1) is 25.2 Å². The van der Waals surface area contributed by atoms with Crippen LogP contribution in [0, 0.1) is 6.92 Å². The third kappa shape index (κ3) is 6.32. The lowest BCUT2D eigenvalue weighted by atomic mass is 10.1. The summed E-state index contributed by atoms with van der Waals surface area (Å²) in [6.07, 6.45) is 0.964. The first-order chi connectivity index (χ1) is 15.4. The predicted molar refractivity (Wildman–Crippen MR) is 120 cm³/mol. The normalized spacial score (nSPS) is 15.3. The number of likely N-dealkylation sites (tertiary alicyclic amines) is 1. The van der Waals surface area contributed by atoms with Crippen molar-refractivity contribution in [3.8, 4) is 17.2 Å². The molecule has 174 valence electrons. The molecule has 1 aromatic heterocycles. The Morgan fingerprint density at radius 3 is 2.56 bits per heavy atom. The van der Waals surface area contributed by atoms with Crippen LogP contribution in [-0.2, 0) is 26.1 Å². The van der Waals surface area contributed by atoms with Crippen LogP contribution in [0.4, 0.5) is 4.79 Å². The van der Waals surface area contributed by atoms with E-state index in [0.717, 1.165) is 11.3 Å². The molecule has 3 rings (SSSR count). The highest BCUT2D eigenvalue weighted by atomic mass is 32.2. The summed E-state index contributed by atoms with van der Waals surface area (Å²) in [5.41, 5.74) is 1.36. The van der Waals surface area contributed by atoms with Gasteiger partial charge in [0, 0.05) is 35.5 Å². The van der Waals surface area contributed by atoms with Gasteiger partial charge in [-0.05, 0) is 51.0 Å². The Balaban J connectivity index is 1.48. The summed E-state index contributed by atoms with van der Waals surface area (Å²) in [4.78, 5) is 30.2. The van der Waals surface area contributed by atoms with E-state index in [4.69, 9.17) is 13.9 Å². The van der Waals surface area contributed by atoms with Crippen molar-refractivity contribution in [1.29, 1.82) is 0 Å². The number of nitrogens with one attached hydrogen (secondary N) is 1. The minimum Gasteiger partial charge on any atom is -0.497 e. The fourth-order valence-electron chi connectivity index (χ4n) is 3.46. The summed E-state index contributed by atoms with van der Waals surface area (Å²) in [6.45, 7) is 4.93. The number of aryl methyl sites for hydroxylation is 1. The predicted octanol–water partition coefficient (Wildman–Crippen LogP) is 2.64. The number of aromatic nitrogens is 1. The topological polar surface area (TPSA) is 111 Å². The van der Waals surface area contributed by atoms with Crippen molar-refractivity contribution in [3.05, 3.63) is 35.7 Å². The number of methoxy groups -OCH3 is 1. The second kappa shape index (κ2) is 11.1. The lowest BCUT2D eigenvalue weighted by Crippen LogP contribution is -2.47. The Bertz CT molecular complexity index is 951. The van der Waals surface area contributed by atoms with E-state index in [-0.39, 0.29) is 29.5 Å². The van der Waals surface area contributed by atoms with E-state index >= 15 is 0 Å². The number of hydrogen-bond acceptors (Lipinski definition) is 7. The van der Waals surface area contributed by atoms with Crippen LogP contribution in [-0.4, -0.2) is 64.7 Å². The van der Waals surface area contributed by atoms with Gasteiger partial charge in [0.15, 0.2) is 0 Å². The quantitative estimate of drug-likeness (QED) is 0.641. The molecule has 1 saturated heterocycles. The molecule has 1 aliphatic rings. The van der Waals surface area contributed by atoms with Crippen LogP contribution in [0.1, 0.15) is 31.2 Å². The van der Waals surface area contributed by atoms with E-state index in [9.17, 15) is 13.8 Å². The number of carbonyl (C=O) groups is 2. The monoisotopic (exact) mass is 463 g/mol. The van der Waals surface area contributed by atoms with Crippen molar-refractivity contribution in [2.24, 2.45) is 0 Å². The molecule has 1 unspecified atom stereocenters. The molecule has 0 spiro atoms. The van der Waals surface area contributed by atoms with Gasteiger partial charge in [-0.2, -0.15) is 0 Å². The van der Waals surface area contributed by atoms with E-state index < -0.39 is 10.8 Å². The second-order valence-corrected chi connectivity index (χ2v) is 8.96. The number of amides is 2. The van der Waals surface area contributed by atoms with Gasteiger partial charge < -0.3 is 24.1 Å². The molecule has 1 fully saturated rings. The van der Waals surface area contributed by atoms with Crippen LogP contribution in [0.5, 0.6) is 5.75 Å². The van der Waals surface area contributed by atoms with Crippen LogP contribution in [0.25, 0.3) is 11.5 Å². The number of nitrogens with zero attached hydrogens (tertiary/aromatic N) is 2. The van der Waals surface area contributed by atoms with Crippen molar-refractivity contribution in [2.45, 2.75) is 38.5 Å². The van der Waals surface area contributed by atoms with Crippen LogP contribution in [0.15, 0.2) is 28.7 Å². The minimum atomic E-state index is -1.42. The summed E-state index contributed by atoms with van der Waals surface area (Å²) in [6, 6.07) is 7.26. The van der Waals surface area contributed by atoms with Crippen molar-refractivity contribution in [2.75, 3.05) is 32.6 Å². The number of benzene rings is 1. The van der Waals surface area contributed by atoms with E-state index in [0.29, 0.717) is 49.9 Å². The molecule has 1 atom stereocenters. The Morgan fingerprint density at radius 2 is 1.94 bits per heavy atom. The largest absolute Gasteiger partial charge is 0.497 e. The summed E-state index contributed by atoms with van der Waals surface area (Å²) in [7, 11) is 0.178. The molecule has 0 aliphatic carbocycles. The molecule has 0 bridgehead atoms. The van der Waals surface area contributed by atoms with Crippen LogP contribution in [0.3, 0.4) is 0 Å². The molecule has 2 amide bonds. The molecular weight excluding hydrogens is 434 g/mol. The molecule has 2 heterocycles. The smallest absolute Gasteiger partial charge is 0.409 e. The number of hydrogen-bond donors (Lipinski definition) is 1. The highest BCUT2D eigenvalue weighted by Gasteiger charge is 2.25. The highest BCUT2D eigenvalue weighted by Crippen LogP contribution is 2.24. The molecule has 9 nitrogen and oxygen atoms in total. The van der Waals surface area contributed by atoms with Gasteiger partial charge in [-0.3, -0.25) is 9.00 Å². The first kappa shape index (κ1) is 23.8. The Kier molecular flexibility index (Phi) is 8.26. The maximum Gasteiger partial charge on any atom is 0.409 e. The van der Waals surface area contributed by atoms with Crippen LogP contribution < -0.4 is 10.1 Å². The number of ether oxygens (including phenoxy) is 2. The Hall–Kier alpha value is -2.88. The molecule has 0 saturated carbocycles. The molecule has 0 radical (unpaired) electrons. The summed E-state index contributed by atoms with van der Waals surface area (Å²) >= 11 is 0. The standard InChI is InChI=1S/C22H29N3O6S/c1-4-30-22(27)25-11-9-17(10-12-25)23-20(26)14-32(28)13-19-15(2)31-21(24-19)16-5-7-18(29-3)8-6-16/h5-8,17H,4,9-14H2,1-3H3,(H,23,26). The Morgan fingerprint density at radius 1 is 1.25 bits per heavy atom. The number of piperidine rings is 1. The average Bonchev–Trinajstić information content (AvgIpc) is 3.14. The number of carbonyl (C=O) groups excluding carboxylic acids is 2. The van der Waals surface area contributed by atoms with Crippen molar-refractivity contribution >= 4 is 22.8 Å². The van der Waals surface area contributed by atoms with Crippen LogP contribution in [0.2, 0.25) is 0 Å². The van der Waals surface area contributed by atoms with Crippen molar-refractivity contribution in [3.63, 3.8) is 0 Å². The third-order valence-electron chi connectivity index (χ3n) is 5.21. The van der Waals surface area contributed by atoms with Gasteiger partial charge in [0.1, 0.15) is 17.3 Å². The minimum absolute atomic E-state index is 0.0411. The van der Waals surface area contributed by atoms with E-state index in [2.05, 4.69) is 10.3 Å². The van der Waals surface area contributed by atoms with Gasteiger partial charge in [-0.15, -0.1) is 0 Å². The zero-order valence-electron chi connectivity index (χ0n) is 18.6. The highest BCUT2D eigenvalue weighted by molar-refractivity contribution is 7.84. The van der Waals surface area contributed by atoms with Gasteiger partial charge in [-0.1, -0.05) is 0 Å². The molecule has 10 heteroatoms. The van der Waals surface area contributed by atoms with Gasteiger partial charge in [-0.25, -0.2) is 9.78 Å². The van der Waals surface area contributed by atoms with Gasteiger partial charge in [0.25, 0.3) is 0 Å². The summed E-state index contributed by atoms with van der Waals surface area (Å²) in [5, 5.41) is 2.92. The van der Waals surface area contributed by atoms with Crippen molar-refractivity contribution < 1.29 is 27.7 Å². The zero-order valence-corrected chi connectivity index (χ0v) is 19.4. The maximum absolute atomic E-state index is 12.5. The summed E-state index contributed by atoms with van der Waals surface area (Å²) in [5.74, 6) is 1.51. The van der Waals surface area contributed by atoms with E-state index in [1.807, 2.05) is 24.3 Å². The van der Waals surface area contributed by atoms with E-state index in [1.165, 1.54) is 0 Å². The summed E-state index contributed by atoms with van der Waals surface area (Å²) < 4.78 is 28.4. The maximum atomic E-state index is 12.5. The first-order valence-corrected chi connectivity index (χ1v) is 12.0. The number of rotatable bonds is 8. The average molecular weight is 464 g/mol. The van der Waals surface area contributed by atoms with Crippen molar-refractivity contribution in [1.82, 2.24) is 15.2 Å². The molecule has 1 aromatic carbocycles. The fourth-order valence-corrected chi connectivity index (χ4v) is 4.51. The third-order valence-corrected chi connectivity index (χ3v) is 6.39. The fraction of sp³-hybridized carbons (Fsp3) is 0.500. The molecule has 2 aromatic rings. The molecule has 1 N–H and O–H groups in total. The van der Waals surface area contributed by atoms with E-state index in [1.54, 1.807) is 25.9 Å². The van der Waals surface area contributed by atoms with Gasteiger partial charge >= 0.3 is 6.09 Å². The SMILES string of the molecule is CCOC(=O)N1CCC(NC(=O)CS(=O)Cc2nc(-c3ccc(OC)cc3)oc2C)CC1. The number of oxazole rings is 1. The lowest BCUT2D eigenvalue weighted by Gasteiger charge is -2.31.